The van der Waals surface area contributed by atoms with Gasteiger partial charge in [-0.2, -0.15) is 0 Å². The van der Waals surface area contributed by atoms with Gasteiger partial charge in [-0.15, -0.1) is 0 Å². The van der Waals surface area contributed by atoms with E-state index >= 15 is 0 Å². The summed E-state index contributed by atoms with van der Waals surface area (Å²) in [6.07, 6.45) is 78.2. The maximum atomic E-state index is 2.62. The van der Waals surface area contributed by atoms with Crippen LogP contribution in [0.5, 0.6) is 0 Å². The second-order valence-electron chi connectivity index (χ2n) is 20.0. The van der Waals surface area contributed by atoms with Crippen molar-refractivity contribution in [3.63, 3.8) is 0 Å². The van der Waals surface area contributed by atoms with Crippen LogP contribution in [-0.2, 0) is 0 Å². The molecular formula is C56H117P. The summed E-state index contributed by atoms with van der Waals surface area (Å²) in [5.74, 6) is 0. The van der Waals surface area contributed by atoms with Gasteiger partial charge in [0.2, 0.25) is 0 Å². The van der Waals surface area contributed by atoms with Crippen LogP contribution in [0.4, 0.5) is 0 Å². The van der Waals surface area contributed by atoms with Gasteiger partial charge in [0.05, 0.1) is 0 Å². The summed E-state index contributed by atoms with van der Waals surface area (Å²) in [6.45, 7) is 9.60. The van der Waals surface area contributed by atoms with E-state index in [1.165, 1.54) is 289 Å². The Morgan fingerprint density at radius 2 is 0.281 bits per heavy atom. The fourth-order valence-corrected chi connectivity index (χ4v) is 14.9. The van der Waals surface area contributed by atoms with Gasteiger partial charge in [-0.05, 0) is 0 Å². The van der Waals surface area contributed by atoms with Gasteiger partial charge in [-0.1, -0.05) is 117 Å². The quantitative estimate of drug-likeness (QED) is 0.0424. The van der Waals surface area contributed by atoms with Crippen LogP contribution in [0.25, 0.3) is 0 Å². The first-order valence-electron chi connectivity index (χ1n) is 28.2. The van der Waals surface area contributed by atoms with Crippen molar-refractivity contribution in [3.8, 4) is 0 Å². The van der Waals surface area contributed by atoms with Crippen molar-refractivity contribution in [1.82, 2.24) is 0 Å². The van der Waals surface area contributed by atoms with Crippen LogP contribution in [0.1, 0.15) is 336 Å². The van der Waals surface area contributed by atoms with Crippen LogP contribution in [0.3, 0.4) is 0 Å². The predicted molar refractivity (Wildman–Crippen MR) is 272 cm³/mol. The first kappa shape index (κ1) is 57.4. The molecule has 0 aromatic carbocycles. The molecule has 0 saturated carbocycles. The van der Waals surface area contributed by atoms with E-state index in [-0.39, 0.29) is 0 Å². The van der Waals surface area contributed by atoms with E-state index in [1.807, 2.05) is 0 Å². The summed E-state index contributed by atoms with van der Waals surface area (Å²) in [5, 5.41) is 0. The molecule has 0 bridgehead atoms. The Morgan fingerprint density at radius 3 is 0.404 bits per heavy atom. The fraction of sp³-hybridized carbons (Fsp3) is 1.00. The minimum Gasteiger partial charge on any atom is -0.0654 e. The first-order chi connectivity index (χ1) is 28.2. The molecule has 0 fully saturated rings. The van der Waals surface area contributed by atoms with E-state index in [4.69, 9.17) is 0 Å². The second-order valence-corrected chi connectivity index (χ2v) is 25.2. The molecule has 0 heterocycles. The Morgan fingerprint density at radius 1 is 0.158 bits per heavy atom. The van der Waals surface area contributed by atoms with Crippen LogP contribution >= 0.6 is 7.26 Å². The van der Waals surface area contributed by atoms with Gasteiger partial charge in [-0.3, -0.25) is 0 Å². The molecule has 0 aliphatic rings. The van der Waals surface area contributed by atoms with Crippen molar-refractivity contribution in [2.24, 2.45) is 0 Å². The van der Waals surface area contributed by atoms with Crippen LogP contribution in [0, 0.1) is 0 Å². The van der Waals surface area contributed by atoms with Gasteiger partial charge in [0, 0.05) is 0 Å². The Bertz CT molecular complexity index is 596. The SMILES string of the molecule is CCCCCCCCCCCCCCCCCC[PH](CC)(CCCCCCCCCCCCCCCCCC)CCCCCCCCCCCCCCCCCC. The molecule has 0 unspecified atom stereocenters. The predicted octanol–water partition coefficient (Wildman–Crippen LogP) is 21.5. The van der Waals surface area contributed by atoms with Gasteiger partial charge in [0.15, 0.2) is 0 Å². The molecular weight excluding hydrogens is 704 g/mol. The van der Waals surface area contributed by atoms with Crippen molar-refractivity contribution in [2.45, 2.75) is 336 Å². The Labute approximate surface area is 366 Å². The number of hydrogen-bond acceptors (Lipinski definition) is 0. The summed E-state index contributed by atoms with van der Waals surface area (Å²) < 4.78 is 0. The standard InChI is InChI=1S/C56H117P/c1-5-9-12-15-18-21-24-27-30-33-36-39-42-45-48-51-54-57(8-4,55-52-49-46-43-40-37-34-31-28-25-22-19-16-13-10-6-2)56-53-50-47-44-41-38-35-32-29-26-23-20-17-14-11-7-3/h57H,5-56H2,1-4H3. The molecule has 0 aliphatic carbocycles. The second kappa shape index (κ2) is 50.8. The third-order valence-electron chi connectivity index (χ3n) is 14.4. The number of rotatable bonds is 52. The molecule has 57 heavy (non-hydrogen) atoms. The molecule has 0 amide bonds. The monoisotopic (exact) mass is 821 g/mol. The zero-order chi connectivity index (χ0) is 41.3. The molecule has 0 N–H and O–H groups in total. The summed E-state index contributed by atoms with van der Waals surface area (Å²) in [5.41, 5.74) is 0. The van der Waals surface area contributed by atoms with E-state index in [1.54, 1.807) is 43.9 Å². The van der Waals surface area contributed by atoms with Crippen LogP contribution in [-0.4, -0.2) is 24.6 Å². The molecule has 0 atom stereocenters. The smallest absolute Gasteiger partial charge is 0.0654 e. The summed E-state index contributed by atoms with van der Waals surface area (Å²) in [6, 6.07) is 0. The van der Waals surface area contributed by atoms with E-state index in [0.29, 0.717) is 0 Å². The van der Waals surface area contributed by atoms with Gasteiger partial charge in [-0.25, -0.2) is 0 Å². The Hall–Kier alpha value is 0.430. The zero-order valence-corrected chi connectivity index (χ0v) is 42.3. The number of unbranched alkanes of at least 4 members (excludes halogenated alkanes) is 45. The normalized spacial score (nSPS) is 12.3. The van der Waals surface area contributed by atoms with E-state index in [9.17, 15) is 0 Å². The molecule has 0 aliphatic heterocycles. The Balaban J connectivity index is 4.19. The average Bonchev–Trinajstić information content (AvgIpc) is 3.22. The molecule has 0 nitrogen and oxygen atoms in total. The third-order valence-corrected chi connectivity index (χ3v) is 20.2. The first-order valence-corrected chi connectivity index (χ1v) is 31.1. The van der Waals surface area contributed by atoms with Crippen molar-refractivity contribution >= 4 is 7.26 Å². The summed E-state index contributed by atoms with van der Waals surface area (Å²) in [4.78, 5) is 0. The van der Waals surface area contributed by atoms with Gasteiger partial charge < -0.3 is 0 Å². The van der Waals surface area contributed by atoms with Crippen molar-refractivity contribution < 1.29 is 0 Å². The average molecular weight is 822 g/mol. The number of hydrogen-bond donors (Lipinski definition) is 0. The molecule has 0 aromatic rings. The van der Waals surface area contributed by atoms with Gasteiger partial charge >= 0.3 is 251 Å². The molecule has 0 radical (unpaired) electrons. The Kier molecular flexibility index (Phi) is 51.2. The van der Waals surface area contributed by atoms with Crippen LogP contribution in [0.15, 0.2) is 0 Å². The molecule has 0 aromatic heterocycles. The molecule has 0 saturated heterocycles. The van der Waals surface area contributed by atoms with Gasteiger partial charge in [0.25, 0.3) is 0 Å². The minimum absolute atomic E-state index is 1.09. The zero-order valence-electron chi connectivity index (χ0n) is 41.3. The molecule has 346 valence electrons. The maximum absolute atomic E-state index is 2.62. The molecule has 1 heteroatoms. The van der Waals surface area contributed by atoms with Crippen molar-refractivity contribution in [1.29, 1.82) is 0 Å². The fourth-order valence-electron chi connectivity index (χ4n) is 10.0. The molecule has 0 rings (SSSR count). The van der Waals surface area contributed by atoms with Crippen molar-refractivity contribution in [3.05, 3.63) is 0 Å². The molecule has 0 spiro atoms. The van der Waals surface area contributed by atoms with Crippen LogP contribution in [0.2, 0.25) is 0 Å². The summed E-state index contributed by atoms with van der Waals surface area (Å²) in [7, 11) is -1.09. The van der Waals surface area contributed by atoms with Gasteiger partial charge in [0.1, 0.15) is 0 Å². The summed E-state index contributed by atoms with van der Waals surface area (Å²) >= 11 is 0. The topological polar surface area (TPSA) is 0 Å². The van der Waals surface area contributed by atoms with E-state index < -0.39 is 7.26 Å². The van der Waals surface area contributed by atoms with E-state index in [0.717, 1.165) is 0 Å². The van der Waals surface area contributed by atoms with Crippen molar-refractivity contribution in [2.75, 3.05) is 24.6 Å². The minimum atomic E-state index is -1.09. The van der Waals surface area contributed by atoms with E-state index in [2.05, 4.69) is 27.7 Å². The van der Waals surface area contributed by atoms with Crippen LogP contribution < -0.4 is 0 Å². The third kappa shape index (κ3) is 45.8.